The van der Waals surface area contributed by atoms with E-state index in [1.807, 2.05) is 20.8 Å². The fourth-order valence-electron chi connectivity index (χ4n) is 3.48. The fourth-order valence-corrected chi connectivity index (χ4v) is 3.48. The quantitative estimate of drug-likeness (QED) is 0.837. The molecule has 0 spiro atoms. The third-order valence-electron chi connectivity index (χ3n) is 3.99. The van der Waals surface area contributed by atoms with Crippen LogP contribution in [0.5, 0.6) is 0 Å². The van der Waals surface area contributed by atoms with Crippen molar-refractivity contribution < 1.29 is 18.0 Å². The Morgan fingerprint density at radius 3 is 2.27 bits per heavy atom. The number of carbonyl (C=O) groups is 1. The lowest BCUT2D eigenvalue weighted by atomic mass is 9.82. The second-order valence-electron chi connectivity index (χ2n) is 8.48. The van der Waals surface area contributed by atoms with Crippen molar-refractivity contribution in [2.75, 3.05) is 0 Å². The van der Waals surface area contributed by atoms with Gasteiger partial charge in [-0.3, -0.25) is 9.20 Å². The van der Waals surface area contributed by atoms with Crippen LogP contribution in [0.1, 0.15) is 69.7 Å². The molecule has 2 rings (SSSR count). The standard InChI is InChI=1S/C19H26F3N3O/c1-7-13-15(16(26)24-18(5,6)11-17(2,3)4)25-10-12(19(20,21)22)8-9-14(25)23-13/h8-10H,7,11H2,1-6H3,(H,24,26). The predicted octanol–water partition coefficient (Wildman–Crippen LogP) is 4.86. The van der Waals surface area contributed by atoms with Crippen LogP contribution in [0.2, 0.25) is 0 Å². The zero-order valence-electron chi connectivity index (χ0n) is 16.1. The van der Waals surface area contributed by atoms with Gasteiger partial charge in [-0.15, -0.1) is 0 Å². The predicted molar refractivity (Wildman–Crippen MR) is 95.2 cm³/mol. The molecule has 0 aromatic carbocycles. The summed E-state index contributed by atoms with van der Waals surface area (Å²) in [5.74, 6) is -0.414. The van der Waals surface area contributed by atoms with E-state index in [0.29, 0.717) is 17.8 Å². The molecule has 0 saturated heterocycles. The van der Waals surface area contributed by atoms with Gasteiger partial charge in [-0.25, -0.2) is 4.98 Å². The lowest BCUT2D eigenvalue weighted by Crippen LogP contribution is -2.46. The van der Waals surface area contributed by atoms with Gasteiger partial charge in [0.15, 0.2) is 0 Å². The number of pyridine rings is 1. The average molecular weight is 369 g/mol. The van der Waals surface area contributed by atoms with Crippen LogP contribution in [0.3, 0.4) is 0 Å². The number of hydrogen-bond acceptors (Lipinski definition) is 2. The Kier molecular flexibility index (Phi) is 5.14. The molecular formula is C19H26F3N3O. The summed E-state index contributed by atoms with van der Waals surface area (Å²) in [6.07, 6.45) is -2.37. The molecule has 0 aliphatic heterocycles. The summed E-state index contributed by atoms with van der Waals surface area (Å²) < 4.78 is 40.4. The molecule has 0 fully saturated rings. The van der Waals surface area contributed by atoms with Gasteiger partial charge in [0.2, 0.25) is 0 Å². The van der Waals surface area contributed by atoms with Gasteiger partial charge in [0, 0.05) is 11.7 Å². The molecule has 1 amide bonds. The molecular weight excluding hydrogens is 343 g/mol. The summed E-state index contributed by atoms with van der Waals surface area (Å²) in [6, 6.07) is 2.27. The Bertz CT molecular complexity index is 814. The minimum atomic E-state index is -4.48. The maximum Gasteiger partial charge on any atom is 0.417 e. The molecule has 2 aromatic rings. The summed E-state index contributed by atoms with van der Waals surface area (Å²) in [7, 11) is 0. The molecule has 2 aromatic heterocycles. The minimum absolute atomic E-state index is 0.00664. The number of carbonyl (C=O) groups excluding carboxylic acids is 1. The van der Waals surface area contributed by atoms with Crippen LogP contribution in [0.15, 0.2) is 18.3 Å². The lowest BCUT2D eigenvalue weighted by molar-refractivity contribution is -0.137. The van der Waals surface area contributed by atoms with Crippen LogP contribution in [-0.2, 0) is 12.6 Å². The zero-order chi connectivity index (χ0) is 19.9. The molecule has 2 heterocycles. The Morgan fingerprint density at radius 2 is 1.77 bits per heavy atom. The molecule has 4 nitrogen and oxygen atoms in total. The van der Waals surface area contributed by atoms with E-state index in [1.165, 1.54) is 10.5 Å². The van der Waals surface area contributed by atoms with Crippen molar-refractivity contribution in [2.45, 2.75) is 66.1 Å². The second-order valence-corrected chi connectivity index (χ2v) is 8.48. The van der Waals surface area contributed by atoms with Gasteiger partial charge in [-0.1, -0.05) is 27.7 Å². The molecule has 0 radical (unpaired) electrons. The van der Waals surface area contributed by atoms with Gasteiger partial charge in [-0.2, -0.15) is 13.2 Å². The van der Waals surface area contributed by atoms with Gasteiger partial charge in [0.05, 0.1) is 11.3 Å². The van der Waals surface area contributed by atoms with Crippen molar-refractivity contribution >= 4 is 11.6 Å². The first-order valence-corrected chi connectivity index (χ1v) is 8.64. The Morgan fingerprint density at radius 1 is 1.15 bits per heavy atom. The number of nitrogens with zero attached hydrogens (tertiary/aromatic N) is 2. The van der Waals surface area contributed by atoms with Gasteiger partial charge in [0.1, 0.15) is 11.3 Å². The number of aryl methyl sites for hydroxylation is 1. The van der Waals surface area contributed by atoms with E-state index in [-0.39, 0.29) is 11.1 Å². The zero-order valence-corrected chi connectivity index (χ0v) is 16.1. The first-order valence-electron chi connectivity index (χ1n) is 8.64. The highest BCUT2D eigenvalue weighted by atomic mass is 19.4. The fraction of sp³-hybridized carbons (Fsp3) is 0.579. The smallest absolute Gasteiger partial charge is 0.346 e. The number of halogens is 3. The van der Waals surface area contributed by atoms with Crippen LogP contribution >= 0.6 is 0 Å². The van der Waals surface area contributed by atoms with Crippen molar-refractivity contribution in [1.82, 2.24) is 14.7 Å². The highest BCUT2D eigenvalue weighted by Crippen LogP contribution is 2.30. The van der Waals surface area contributed by atoms with Crippen LogP contribution in [-0.4, -0.2) is 20.8 Å². The summed E-state index contributed by atoms with van der Waals surface area (Å²) in [5, 5.41) is 2.96. The number of nitrogens with one attached hydrogen (secondary N) is 1. The molecule has 0 atom stereocenters. The summed E-state index contributed by atoms with van der Waals surface area (Å²) >= 11 is 0. The van der Waals surface area contributed by atoms with E-state index in [0.717, 1.165) is 18.7 Å². The van der Waals surface area contributed by atoms with Crippen LogP contribution in [0.25, 0.3) is 5.65 Å². The Labute approximate surface area is 151 Å². The van der Waals surface area contributed by atoms with Crippen molar-refractivity contribution in [2.24, 2.45) is 5.41 Å². The SMILES string of the molecule is CCc1nc2ccc(C(F)(F)F)cn2c1C(=O)NC(C)(C)CC(C)(C)C. The topological polar surface area (TPSA) is 46.4 Å². The van der Waals surface area contributed by atoms with E-state index in [1.54, 1.807) is 0 Å². The molecule has 0 aliphatic carbocycles. The number of alkyl halides is 3. The van der Waals surface area contributed by atoms with E-state index in [4.69, 9.17) is 0 Å². The number of hydrogen-bond donors (Lipinski definition) is 1. The summed E-state index contributed by atoms with van der Waals surface area (Å²) in [6.45, 7) is 11.9. The van der Waals surface area contributed by atoms with Crippen molar-refractivity contribution in [3.05, 3.63) is 35.3 Å². The first-order chi connectivity index (χ1) is 11.7. The minimum Gasteiger partial charge on any atom is -0.346 e. The monoisotopic (exact) mass is 369 g/mol. The van der Waals surface area contributed by atoms with Crippen molar-refractivity contribution in [3.8, 4) is 0 Å². The second kappa shape index (κ2) is 6.59. The molecule has 0 bridgehead atoms. The number of amides is 1. The van der Waals surface area contributed by atoms with E-state index in [9.17, 15) is 18.0 Å². The third kappa shape index (κ3) is 4.56. The maximum atomic E-state index is 13.1. The molecule has 0 aliphatic rings. The number of rotatable bonds is 4. The van der Waals surface area contributed by atoms with Gasteiger partial charge in [-0.05, 0) is 44.2 Å². The maximum absolute atomic E-state index is 13.1. The third-order valence-corrected chi connectivity index (χ3v) is 3.99. The van der Waals surface area contributed by atoms with E-state index < -0.39 is 23.2 Å². The number of aromatic nitrogens is 2. The highest BCUT2D eigenvalue weighted by Gasteiger charge is 2.33. The van der Waals surface area contributed by atoms with Crippen molar-refractivity contribution in [1.29, 1.82) is 0 Å². The average Bonchev–Trinajstić information content (AvgIpc) is 2.80. The van der Waals surface area contributed by atoms with Crippen LogP contribution in [0.4, 0.5) is 13.2 Å². The normalized spacial score (nSPS) is 13.3. The number of imidazole rings is 1. The lowest BCUT2D eigenvalue weighted by Gasteiger charge is -2.33. The Hall–Kier alpha value is -2.05. The van der Waals surface area contributed by atoms with E-state index >= 15 is 0 Å². The molecule has 144 valence electrons. The molecule has 26 heavy (non-hydrogen) atoms. The summed E-state index contributed by atoms with van der Waals surface area (Å²) in [5.41, 5.74) is -0.356. The molecule has 7 heteroatoms. The van der Waals surface area contributed by atoms with E-state index in [2.05, 4.69) is 31.1 Å². The largest absolute Gasteiger partial charge is 0.417 e. The Balaban J connectivity index is 2.48. The first kappa shape index (κ1) is 20.3. The molecule has 0 unspecified atom stereocenters. The van der Waals surface area contributed by atoms with Gasteiger partial charge >= 0.3 is 6.18 Å². The number of fused-ring (bicyclic) bond motifs is 1. The van der Waals surface area contributed by atoms with Gasteiger partial charge in [0.25, 0.3) is 5.91 Å². The molecule has 0 saturated carbocycles. The van der Waals surface area contributed by atoms with Gasteiger partial charge < -0.3 is 5.32 Å². The van der Waals surface area contributed by atoms with Crippen LogP contribution < -0.4 is 5.32 Å². The molecule has 1 N–H and O–H groups in total. The highest BCUT2D eigenvalue weighted by molar-refractivity contribution is 5.95. The van der Waals surface area contributed by atoms with Crippen molar-refractivity contribution in [3.63, 3.8) is 0 Å². The van der Waals surface area contributed by atoms with Crippen LogP contribution in [0, 0.1) is 5.41 Å². The summed E-state index contributed by atoms with van der Waals surface area (Å²) in [4.78, 5) is 17.2.